The maximum Gasteiger partial charge on any atom is 0.150 e. The van der Waals surface area contributed by atoms with Crippen LogP contribution < -0.4 is 4.90 Å². The predicted octanol–water partition coefficient (Wildman–Crippen LogP) is 1.74. The lowest BCUT2D eigenvalue weighted by molar-refractivity contribution is 0.134. The van der Waals surface area contributed by atoms with E-state index in [1.807, 2.05) is 19.1 Å². The van der Waals surface area contributed by atoms with Crippen LogP contribution in [0, 0.1) is 12.8 Å². The zero-order valence-electron chi connectivity index (χ0n) is 11.5. The lowest BCUT2D eigenvalue weighted by Gasteiger charge is -2.41. The van der Waals surface area contributed by atoms with E-state index in [0.29, 0.717) is 5.92 Å². The summed E-state index contributed by atoms with van der Waals surface area (Å²) in [5.74, 6) is 1.45. The standard InChI is InChI=1S/C15H18N4O/c1-11-15(18-6-5-17-11)19-9-12(10-19)7-14(20)13-3-2-4-16-8-13/h2-6,8,12,14,20H,7,9-10H2,1H3. The number of aliphatic hydroxyl groups is 1. The molecule has 2 aromatic rings. The molecule has 0 spiro atoms. The number of aryl methyl sites for hydroxylation is 1. The smallest absolute Gasteiger partial charge is 0.150 e. The van der Waals surface area contributed by atoms with E-state index in [-0.39, 0.29) is 0 Å². The first kappa shape index (κ1) is 13.0. The molecule has 5 heteroatoms. The Balaban J connectivity index is 1.55. The Hall–Kier alpha value is -2.01. The van der Waals surface area contributed by atoms with Crippen molar-refractivity contribution in [3.63, 3.8) is 0 Å². The molecule has 0 aliphatic carbocycles. The van der Waals surface area contributed by atoms with Crippen molar-refractivity contribution in [2.75, 3.05) is 18.0 Å². The first-order valence-corrected chi connectivity index (χ1v) is 6.84. The number of nitrogens with zero attached hydrogens (tertiary/aromatic N) is 4. The van der Waals surface area contributed by atoms with Gasteiger partial charge in [0, 0.05) is 37.9 Å². The summed E-state index contributed by atoms with van der Waals surface area (Å²) < 4.78 is 0. The highest BCUT2D eigenvalue weighted by molar-refractivity contribution is 5.45. The maximum absolute atomic E-state index is 10.2. The Morgan fingerprint density at radius 1 is 1.30 bits per heavy atom. The monoisotopic (exact) mass is 270 g/mol. The fourth-order valence-electron chi connectivity index (χ4n) is 2.63. The predicted molar refractivity (Wildman–Crippen MR) is 76.3 cm³/mol. The molecular formula is C15H18N4O. The first-order chi connectivity index (χ1) is 9.74. The second-order valence-electron chi connectivity index (χ2n) is 5.27. The van der Waals surface area contributed by atoms with E-state index in [1.165, 1.54) is 0 Å². The molecule has 1 aliphatic rings. The second-order valence-corrected chi connectivity index (χ2v) is 5.27. The SMILES string of the molecule is Cc1nccnc1N1CC(CC(O)c2cccnc2)C1. The molecule has 3 rings (SSSR count). The second kappa shape index (κ2) is 5.54. The Morgan fingerprint density at radius 3 is 2.80 bits per heavy atom. The Morgan fingerprint density at radius 2 is 2.10 bits per heavy atom. The van der Waals surface area contributed by atoms with E-state index >= 15 is 0 Å². The van der Waals surface area contributed by atoms with E-state index in [9.17, 15) is 5.11 Å². The lowest BCUT2D eigenvalue weighted by Crippen LogP contribution is -2.48. The van der Waals surface area contributed by atoms with Gasteiger partial charge in [0.05, 0.1) is 11.8 Å². The van der Waals surface area contributed by atoms with Crippen molar-refractivity contribution in [2.45, 2.75) is 19.4 Å². The quantitative estimate of drug-likeness (QED) is 0.917. The molecule has 0 aromatic carbocycles. The summed E-state index contributed by atoms with van der Waals surface area (Å²) in [5.41, 5.74) is 1.85. The van der Waals surface area contributed by atoms with Crippen LogP contribution >= 0.6 is 0 Å². The van der Waals surface area contributed by atoms with Gasteiger partial charge in [-0.3, -0.25) is 9.97 Å². The fraction of sp³-hybridized carbons (Fsp3) is 0.400. The molecule has 1 N–H and O–H groups in total. The topological polar surface area (TPSA) is 62.1 Å². The average Bonchev–Trinajstić information content (AvgIpc) is 2.44. The van der Waals surface area contributed by atoms with Crippen molar-refractivity contribution in [3.05, 3.63) is 48.2 Å². The number of aliphatic hydroxyl groups excluding tert-OH is 1. The molecule has 1 unspecified atom stereocenters. The van der Waals surface area contributed by atoms with Gasteiger partial charge in [-0.2, -0.15) is 0 Å². The zero-order valence-corrected chi connectivity index (χ0v) is 11.5. The summed E-state index contributed by atoms with van der Waals surface area (Å²) in [5, 5.41) is 10.2. The number of hydrogen-bond donors (Lipinski definition) is 1. The third-order valence-electron chi connectivity index (χ3n) is 3.74. The Kier molecular flexibility index (Phi) is 3.60. The van der Waals surface area contributed by atoms with E-state index in [1.54, 1.807) is 24.8 Å². The highest BCUT2D eigenvalue weighted by Gasteiger charge is 2.30. The Labute approximate surface area is 118 Å². The number of pyridine rings is 1. The van der Waals surface area contributed by atoms with E-state index in [4.69, 9.17) is 0 Å². The summed E-state index contributed by atoms with van der Waals surface area (Å²) >= 11 is 0. The molecule has 20 heavy (non-hydrogen) atoms. The summed E-state index contributed by atoms with van der Waals surface area (Å²) in [6.45, 7) is 3.83. The molecule has 0 saturated carbocycles. The molecule has 1 aliphatic heterocycles. The van der Waals surface area contributed by atoms with Gasteiger partial charge in [0.2, 0.25) is 0 Å². The normalized spacial score (nSPS) is 16.8. The summed E-state index contributed by atoms with van der Waals surface area (Å²) in [6, 6.07) is 3.77. The molecular weight excluding hydrogens is 252 g/mol. The van der Waals surface area contributed by atoms with Crippen LogP contribution in [0.25, 0.3) is 0 Å². The van der Waals surface area contributed by atoms with Crippen molar-refractivity contribution in [3.8, 4) is 0 Å². The van der Waals surface area contributed by atoms with Gasteiger partial charge >= 0.3 is 0 Å². The van der Waals surface area contributed by atoms with E-state index in [0.717, 1.165) is 36.6 Å². The molecule has 104 valence electrons. The van der Waals surface area contributed by atoms with Crippen molar-refractivity contribution in [2.24, 2.45) is 5.92 Å². The van der Waals surface area contributed by atoms with Gasteiger partial charge in [-0.05, 0) is 30.9 Å². The lowest BCUT2D eigenvalue weighted by atomic mass is 9.91. The van der Waals surface area contributed by atoms with Gasteiger partial charge in [-0.1, -0.05) is 6.07 Å². The van der Waals surface area contributed by atoms with Gasteiger partial charge in [0.1, 0.15) is 5.82 Å². The molecule has 5 nitrogen and oxygen atoms in total. The van der Waals surface area contributed by atoms with Gasteiger partial charge in [0.15, 0.2) is 0 Å². The molecule has 3 heterocycles. The number of anilines is 1. The van der Waals surface area contributed by atoms with Crippen LogP contribution in [0.15, 0.2) is 36.9 Å². The largest absolute Gasteiger partial charge is 0.388 e. The van der Waals surface area contributed by atoms with Gasteiger partial charge in [0.25, 0.3) is 0 Å². The van der Waals surface area contributed by atoms with Crippen molar-refractivity contribution in [1.29, 1.82) is 0 Å². The van der Waals surface area contributed by atoms with Crippen LogP contribution in [0.1, 0.15) is 23.8 Å². The minimum atomic E-state index is -0.432. The number of rotatable bonds is 4. The van der Waals surface area contributed by atoms with Crippen LogP contribution in [0.5, 0.6) is 0 Å². The van der Waals surface area contributed by atoms with Crippen LogP contribution in [-0.2, 0) is 0 Å². The van der Waals surface area contributed by atoms with Crippen LogP contribution in [0.4, 0.5) is 5.82 Å². The Bertz CT molecular complexity index is 569. The highest BCUT2D eigenvalue weighted by atomic mass is 16.3. The third kappa shape index (κ3) is 2.63. The van der Waals surface area contributed by atoms with E-state index in [2.05, 4.69) is 19.9 Å². The van der Waals surface area contributed by atoms with Gasteiger partial charge in [-0.15, -0.1) is 0 Å². The zero-order chi connectivity index (χ0) is 13.9. The van der Waals surface area contributed by atoms with Crippen molar-refractivity contribution in [1.82, 2.24) is 15.0 Å². The van der Waals surface area contributed by atoms with Crippen LogP contribution in [0.3, 0.4) is 0 Å². The molecule has 0 amide bonds. The molecule has 0 radical (unpaired) electrons. The minimum Gasteiger partial charge on any atom is -0.388 e. The van der Waals surface area contributed by atoms with Gasteiger partial charge in [-0.25, -0.2) is 4.98 Å². The molecule has 1 atom stereocenters. The molecule has 0 bridgehead atoms. The van der Waals surface area contributed by atoms with Gasteiger partial charge < -0.3 is 10.0 Å². The van der Waals surface area contributed by atoms with Crippen LogP contribution in [0.2, 0.25) is 0 Å². The van der Waals surface area contributed by atoms with Crippen molar-refractivity contribution < 1.29 is 5.11 Å². The van der Waals surface area contributed by atoms with E-state index < -0.39 is 6.10 Å². The average molecular weight is 270 g/mol. The number of hydrogen-bond acceptors (Lipinski definition) is 5. The van der Waals surface area contributed by atoms with Crippen LogP contribution in [-0.4, -0.2) is 33.1 Å². The third-order valence-corrected chi connectivity index (χ3v) is 3.74. The highest BCUT2D eigenvalue weighted by Crippen LogP contribution is 2.30. The first-order valence-electron chi connectivity index (χ1n) is 6.84. The van der Waals surface area contributed by atoms with Crippen molar-refractivity contribution >= 4 is 5.82 Å². The maximum atomic E-state index is 10.2. The fourth-order valence-corrected chi connectivity index (χ4v) is 2.63. The summed E-state index contributed by atoms with van der Waals surface area (Å²) in [6.07, 6.45) is 7.22. The molecule has 2 aromatic heterocycles. The minimum absolute atomic E-state index is 0.432. The molecule has 1 fully saturated rings. The molecule has 1 saturated heterocycles. The summed E-state index contributed by atoms with van der Waals surface area (Å²) in [7, 11) is 0. The number of aromatic nitrogens is 3. The summed E-state index contributed by atoms with van der Waals surface area (Å²) in [4.78, 5) is 14.9.